The van der Waals surface area contributed by atoms with Gasteiger partial charge in [0.05, 0.1) is 6.26 Å². The summed E-state index contributed by atoms with van der Waals surface area (Å²) in [6, 6.07) is 14.7. The zero-order chi connectivity index (χ0) is 20.9. The number of furan rings is 1. The summed E-state index contributed by atoms with van der Waals surface area (Å²) in [5.74, 6) is -0.186. The van der Waals surface area contributed by atoms with Crippen molar-refractivity contribution in [2.24, 2.45) is 0 Å². The molecule has 3 aromatic rings. The second-order valence-electron chi connectivity index (χ2n) is 7.80. The number of nitrogens with zero attached hydrogens (tertiary/aromatic N) is 1. The van der Waals surface area contributed by atoms with Crippen LogP contribution in [0, 0.1) is 6.92 Å². The Hall–Kier alpha value is -2.86. The van der Waals surface area contributed by atoms with Crippen molar-refractivity contribution in [1.82, 2.24) is 10.2 Å². The second kappa shape index (κ2) is 9.30. The van der Waals surface area contributed by atoms with E-state index in [1.807, 2.05) is 48.7 Å². The molecule has 1 aliphatic carbocycles. The largest absolute Gasteiger partial charge is 0.459 e. The van der Waals surface area contributed by atoms with E-state index < -0.39 is 6.04 Å². The molecular formula is C24H26N2O3S. The van der Waals surface area contributed by atoms with Gasteiger partial charge in [-0.25, -0.2) is 0 Å². The minimum atomic E-state index is -0.704. The van der Waals surface area contributed by atoms with Gasteiger partial charge in [0.2, 0.25) is 5.91 Å². The Kier molecular flexibility index (Phi) is 6.33. The molecule has 30 heavy (non-hydrogen) atoms. The van der Waals surface area contributed by atoms with Gasteiger partial charge in [-0.15, -0.1) is 11.3 Å². The molecule has 156 valence electrons. The van der Waals surface area contributed by atoms with Crippen molar-refractivity contribution in [2.45, 2.75) is 51.2 Å². The standard InChI is InChI=1S/C24H26N2O3S/c1-17-10-12-18(13-11-17)16-26(24(28)20-8-4-14-29-20)22(21-9-5-15-30-21)23(27)25-19-6-2-3-7-19/h4-5,8-15,19,22H,2-3,6-7,16H2,1H3,(H,25,27)/t22-/m0/s1. The smallest absolute Gasteiger partial charge is 0.290 e. The Labute approximate surface area is 180 Å². The van der Waals surface area contributed by atoms with E-state index in [4.69, 9.17) is 4.42 Å². The Bertz CT molecular complexity index is 959. The van der Waals surface area contributed by atoms with Gasteiger partial charge in [-0.2, -0.15) is 0 Å². The van der Waals surface area contributed by atoms with Gasteiger partial charge in [-0.3, -0.25) is 9.59 Å². The Morgan fingerprint density at radius 2 is 1.90 bits per heavy atom. The van der Waals surface area contributed by atoms with Crippen LogP contribution in [0.1, 0.15) is 58.3 Å². The average Bonchev–Trinajstić information content (AvgIpc) is 3.52. The molecule has 2 aromatic heterocycles. The lowest BCUT2D eigenvalue weighted by molar-refractivity contribution is -0.126. The van der Waals surface area contributed by atoms with Crippen molar-refractivity contribution in [3.63, 3.8) is 0 Å². The van der Waals surface area contributed by atoms with E-state index in [0.717, 1.165) is 41.7 Å². The van der Waals surface area contributed by atoms with Crippen molar-refractivity contribution in [2.75, 3.05) is 0 Å². The summed E-state index contributed by atoms with van der Waals surface area (Å²) in [5, 5.41) is 5.12. The molecule has 0 aliphatic heterocycles. The van der Waals surface area contributed by atoms with Gasteiger partial charge in [0.15, 0.2) is 5.76 Å². The van der Waals surface area contributed by atoms with Gasteiger partial charge in [0.25, 0.3) is 5.91 Å². The minimum absolute atomic E-state index is 0.128. The molecule has 4 rings (SSSR count). The van der Waals surface area contributed by atoms with Crippen molar-refractivity contribution in [3.8, 4) is 0 Å². The van der Waals surface area contributed by atoms with E-state index in [1.54, 1.807) is 17.0 Å². The minimum Gasteiger partial charge on any atom is -0.459 e. The van der Waals surface area contributed by atoms with Crippen LogP contribution >= 0.6 is 11.3 Å². The van der Waals surface area contributed by atoms with Gasteiger partial charge in [0.1, 0.15) is 6.04 Å². The third-order valence-corrected chi connectivity index (χ3v) is 6.47. The van der Waals surface area contributed by atoms with Crippen molar-refractivity contribution >= 4 is 23.2 Å². The number of carbonyl (C=O) groups excluding carboxylic acids is 2. The van der Waals surface area contributed by atoms with Crippen LogP contribution in [0.25, 0.3) is 0 Å². The van der Waals surface area contributed by atoms with Crippen LogP contribution < -0.4 is 5.32 Å². The van der Waals surface area contributed by atoms with Crippen LogP contribution in [0.2, 0.25) is 0 Å². The zero-order valence-electron chi connectivity index (χ0n) is 17.0. The van der Waals surface area contributed by atoms with Crippen LogP contribution in [0.15, 0.2) is 64.6 Å². The summed E-state index contributed by atoms with van der Waals surface area (Å²) in [6.07, 6.45) is 5.73. The SMILES string of the molecule is Cc1ccc(CN(C(=O)c2ccco2)[C@H](C(=O)NC2CCCC2)c2cccs2)cc1. The summed E-state index contributed by atoms with van der Waals surface area (Å²) >= 11 is 1.49. The van der Waals surface area contributed by atoms with Crippen LogP contribution in [0.4, 0.5) is 0 Å². The van der Waals surface area contributed by atoms with Gasteiger partial charge >= 0.3 is 0 Å². The number of benzene rings is 1. The van der Waals surface area contributed by atoms with Crippen molar-refractivity contribution in [3.05, 3.63) is 81.9 Å². The number of hydrogen-bond donors (Lipinski definition) is 1. The first kappa shape index (κ1) is 20.4. The summed E-state index contributed by atoms with van der Waals surface area (Å²) in [7, 11) is 0. The molecule has 1 aromatic carbocycles. The maximum Gasteiger partial charge on any atom is 0.290 e. The highest BCUT2D eigenvalue weighted by Crippen LogP contribution is 2.30. The number of hydrogen-bond acceptors (Lipinski definition) is 4. The maximum atomic E-state index is 13.4. The van der Waals surface area contributed by atoms with Gasteiger partial charge < -0.3 is 14.6 Å². The number of thiophene rings is 1. The fraction of sp³-hybridized carbons (Fsp3) is 0.333. The van der Waals surface area contributed by atoms with Crippen molar-refractivity contribution < 1.29 is 14.0 Å². The molecule has 2 amide bonds. The van der Waals surface area contributed by atoms with Crippen molar-refractivity contribution in [1.29, 1.82) is 0 Å². The number of nitrogens with one attached hydrogen (secondary N) is 1. The lowest BCUT2D eigenvalue weighted by atomic mass is 10.1. The highest BCUT2D eigenvalue weighted by atomic mass is 32.1. The monoisotopic (exact) mass is 422 g/mol. The molecule has 0 bridgehead atoms. The maximum absolute atomic E-state index is 13.4. The Morgan fingerprint density at radius 1 is 1.13 bits per heavy atom. The summed E-state index contributed by atoms with van der Waals surface area (Å²) < 4.78 is 5.39. The van der Waals surface area contributed by atoms with Crippen LogP contribution in [-0.2, 0) is 11.3 Å². The molecule has 5 nitrogen and oxygen atoms in total. The third-order valence-electron chi connectivity index (χ3n) is 5.54. The predicted octanol–water partition coefficient (Wildman–Crippen LogP) is 5.09. The topological polar surface area (TPSA) is 62.6 Å². The highest BCUT2D eigenvalue weighted by Gasteiger charge is 2.35. The second-order valence-corrected chi connectivity index (χ2v) is 8.78. The molecule has 1 atom stereocenters. The molecule has 0 spiro atoms. The lowest BCUT2D eigenvalue weighted by Gasteiger charge is -2.31. The van der Waals surface area contributed by atoms with E-state index in [1.165, 1.54) is 17.6 Å². The molecule has 1 aliphatic rings. The number of aryl methyl sites for hydroxylation is 1. The van der Waals surface area contributed by atoms with Gasteiger partial charge in [-0.05, 0) is 48.9 Å². The van der Waals surface area contributed by atoms with E-state index in [-0.39, 0.29) is 23.6 Å². The van der Waals surface area contributed by atoms with Gasteiger partial charge in [0, 0.05) is 17.5 Å². The number of carbonyl (C=O) groups is 2. The Morgan fingerprint density at radius 3 is 2.53 bits per heavy atom. The van der Waals surface area contributed by atoms with E-state index in [9.17, 15) is 9.59 Å². The lowest BCUT2D eigenvalue weighted by Crippen LogP contribution is -2.45. The molecule has 1 saturated carbocycles. The first-order valence-corrected chi connectivity index (χ1v) is 11.2. The van der Waals surface area contributed by atoms with Crippen LogP contribution in [-0.4, -0.2) is 22.8 Å². The molecule has 1 N–H and O–H groups in total. The first-order chi connectivity index (χ1) is 14.6. The number of amides is 2. The summed E-state index contributed by atoms with van der Waals surface area (Å²) in [5.41, 5.74) is 2.12. The molecule has 6 heteroatoms. The van der Waals surface area contributed by atoms with Crippen LogP contribution in [0.3, 0.4) is 0 Å². The molecule has 0 radical (unpaired) electrons. The molecule has 1 fully saturated rings. The van der Waals surface area contributed by atoms with Crippen LogP contribution in [0.5, 0.6) is 0 Å². The third kappa shape index (κ3) is 4.65. The Balaban J connectivity index is 1.68. The summed E-state index contributed by atoms with van der Waals surface area (Å²) in [4.78, 5) is 29.3. The van der Waals surface area contributed by atoms with E-state index in [2.05, 4.69) is 5.32 Å². The molecule has 0 saturated heterocycles. The summed E-state index contributed by atoms with van der Waals surface area (Å²) in [6.45, 7) is 2.35. The zero-order valence-corrected chi connectivity index (χ0v) is 17.9. The average molecular weight is 423 g/mol. The molecular weight excluding hydrogens is 396 g/mol. The highest BCUT2D eigenvalue weighted by molar-refractivity contribution is 7.10. The molecule has 0 unspecified atom stereocenters. The quantitative estimate of drug-likeness (QED) is 0.577. The number of rotatable bonds is 7. The fourth-order valence-corrected chi connectivity index (χ4v) is 4.77. The van der Waals surface area contributed by atoms with E-state index in [0.29, 0.717) is 6.54 Å². The van der Waals surface area contributed by atoms with E-state index >= 15 is 0 Å². The predicted molar refractivity (Wildman–Crippen MR) is 117 cm³/mol. The first-order valence-electron chi connectivity index (χ1n) is 10.4. The van der Waals surface area contributed by atoms with Gasteiger partial charge in [-0.1, -0.05) is 48.7 Å². The fourth-order valence-electron chi connectivity index (χ4n) is 3.93. The normalized spacial score (nSPS) is 15.1. The molecule has 2 heterocycles.